The van der Waals surface area contributed by atoms with Crippen LogP contribution in [0.1, 0.15) is 44.9 Å². The normalized spacial score (nSPS) is 24.9. The summed E-state index contributed by atoms with van der Waals surface area (Å²) in [5.74, 6) is 8.27. The number of piperidine rings is 1. The molecule has 0 bridgehead atoms. The van der Waals surface area contributed by atoms with Gasteiger partial charge in [0.1, 0.15) is 0 Å². The van der Waals surface area contributed by atoms with Crippen LogP contribution in [0.15, 0.2) is 12.4 Å². The number of hydrogen-bond donors (Lipinski definition) is 0. The lowest BCUT2D eigenvalue weighted by Gasteiger charge is -2.33. The third kappa shape index (κ3) is 4.84. The molecule has 1 aliphatic heterocycles. The minimum absolute atomic E-state index is 0.506. The molecular formula is C19H27ClN4. The quantitative estimate of drug-likeness (QED) is 0.782. The Morgan fingerprint density at radius 2 is 1.79 bits per heavy atom. The Hall–Kier alpha value is -1.31. The fourth-order valence-electron chi connectivity index (χ4n) is 3.68. The van der Waals surface area contributed by atoms with Gasteiger partial charge in [-0.25, -0.2) is 9.97 Å². The van der Waals surface area contributed by atoms with E-state index in [-0.39, 0.29) is 0 Å². The Bertz CT molecular complexity index is 563. The predicted molar refractivity (Wildman–Crippen MR) is 99.3 cm³/mol. The van der Waals surface area contributed by atoms with Gasteiger partial charge >= 0.3 is 0 Å². The molecule has 0 atom stereocenters. The second kappa shape index (κ2) is 8.69. The fourth-order valence-corrected chi connectivity index (χ4v) is 3.78. The first kappa shape index (κ1) is 17.5. The van der Waals surface area contributed by atoms with Gasteiger partial charge in [-0.05, 0) is 51.6 Å². The van der Waals surface area contributed by atoms with E-state index in [1.165, 1.54) is 45.2 Å². The first-order valence-corrected chi connectivity index (χ1v) is 9.51. The van der Waals surface area contributed by atoms with Crippen LogP contribution in [0, 0.1) is 17.8 Å². The smallest absolute Gasteiger partial charge is 0.225 e. The summed E-state index contributed by atoms with van der Waals surface area (Å²) in [5, 5.41) is 0.583. The highest BCUT2D eigenvalue weighted by Gasteiger charge is 2.24. The van der Waals surface area contributed by atoms with Crippen molar-refractivity contribution in [2.24, 2.45) is 5.92 Å². The highest BCUT2D eigenvalue weighted by atomic mass is 35.5. The fraction of sp³-hybridized carbons (Fsp3) is 0.684. The van der Waals surface area contributed by atoms with Crippen LogP contribution >= 0.6 is 11.6 Å². The van der Waals surface area contributed by atoms with E-state index in [0.29, 0.717) is 17.0 Å². The van der Waals surface area contributed by atoms with Gasteiger partial charge in [-0.3, -0.25) is 4.90 Å². The first-order valence-electron chi connectivity index (χ1n) is 9.13. The lowest BCUT2D eigenvalue weighted by Crippen LogP contribution is -2.36. The minimum Gasteiger partial charge on any atom is -0.341 e. The molecule has 3 rings (SSSR count). The van der Waals surface area contributed by atoms with Crippen LogP contribution in [0.4, 0.5) is 5.95 Å². The molecule has 1 aromatic heterocycles. The van der Waals surface area contributed by atoms with Gasteiger partial charge in [-0.1, -0.05) is 29.9 Å². The summed E-state index contributed by atoms with van der Waals surface area (Å²) in [6.07, 6.45) is 12.1. The first-order chi connectivity index (χ1) is 11.7. The van der Waals surface area contributed by atoms with E-state index in [2.05, 4.69) is 38.7 Å². The number of halogens is 1. The molecule has 0 spiro atoms. The van der Waals surface area contributed by atoms with E-state index < -0.39 is 0 Å². The molecule has 0 aromatic carbocycles. The van der Waals surface area contributed by atoms with Gasteiger partial charge in [0.15, 0.2) is 0 Å². The molecule has 130 valence electrons. The number of aromatic nitrogens is 2. The Morgan fingerprint density at radius 3 is 2.46 bits per heavy atom. The van der Waals surface area contributed by atoms with Gasteiger partial charge in [0, 0.05) is 19.0 Å². The molecule has 1 aromatic rings. The number of rotatable bonds is 3. The molecule has 0 radical (unpaired) electrons. The Balaban J connectivity index is 1.44. The molecule has 0 unspecified atom stereocenters. The number of likely N-dealkylation sites (tertiary alicyclic amines) is 1. The molecule has 2 fully saturated rings. The molecule has 2 heterocycles. The van der Waals surface area contributed by atoms with Crippen molar-refractivity contribution in [3.8, 4) is 11.8 Å². The van der Waals surface area contributed by atoms with Gasteiger partial charge in [-0.2, -0.15) is 0 Å². The topological polar surface area (TPSA) is 32.3 Å². The van der Waals surface area contributed by atoms with E-state index in [0.717, 1.165) is 25.3 Å². The molecule has 0 amide bonds. The zero-order chi connectivity index (χ0) is 16.8. The standard InChI is InChI=1S/C19H27ClN4/c1-23(19-21-14-17(20)15-22-19)18-9-7-16(8-10-18)6-5-13-24-11-3-2-4-12-24/h14-16,18H,2-4,7-13H2,1H3. The van der Waals surface area contributed by atoms with Crippen molar-refractivity contribution in [2.75, 3.05) is 31.6 Å². The average molecular weight is 347 g/mol. The lowest BCUT2D eigenvalue weighted by molar-refractivity contribution is 0.255. The maximum atomic E-state index is 5.86. The van der Waals surface area contributed by atoms with Crippen LogP contribution in [0.25, 0.3) is 0 Å². The van der Waals surface area contributed by atoms with Crippen molar-refractivity contribution in [2.45, 2.75) is 51.0 Å². The monoisotopic (exact) mass is 346 g/mol. The summed E-state index contributed by atoms with van der Waals surface area (Å²) in [6, 6.07) is 0.506. The number of nitrogens with zero attached hydrogens (tertiary/aromatic N) is 4. The minimum atomic E-state index is 0.506. The van der Waals surface area contributed by atoms with Crippen molar-refractivity contribution in [3.63, 3.8) is 0 Å². The van der Waals surface area contributed by atoms with E-state index in [1.807, 2.05) is 0 Å². The van der Waals surface area contributed by atoms with Crippen molar-refractivity contribution < 1.29 is 0 Å². The molecule has 1 saturated heterocycles. The van der Waals surface area contributed by atoms with Gasteiger partial charge < -0.3 is 4.90 Å². The Morgan fingerprint density at radius 1 is 1.12 bits per heavy atom. The van der Waals surface area contributed by atoms with E-state index in [9.17, 15) is 0 Å². The largest absolute Gasteiger partial charge is 0.341 e. The summed E-state index contributed by atoms with van der Waals surface area (Å²) in [7, 11) is 2.08. The highest BCUT2D eigenvalue weighted by Crippen LogP contribution is 2.28. The van der Waals surface area contributed by atoms with Crippen LogP contribution in [-0.2, 0) is 0 Å². The summed E-state index contributed by atoms with van der Waals surface area (Å²) >= 11 is 5.86. The second-order valence-electron chi connectivity index (χ2n) is 6.98. The maximum Gasteiger partial charge on any atom is 0.225 e. The van der Waals surface area contributed by atoms with Crippen LogP contribution in [0.2, 0.25) is 5.02 Å². The van der Waals surface area contributed by atoms with Gasteiger partial charge in [-0.15, -0.1) is 0 Å². The van der Waals surface area contributed by atoms with E-state index in [4.69, 9.17) is 11.6 Å². The number of anilines is 1. The summed E-state index contributed by atoms with van der Waals surface area (Å²) in [4.78, 5) is 13.3. The molecule has 4 nitrogen and oxygen atoms in total. The van der Waals surface area contributed by atoms with Crippen LogP contribution in [0.3, 0.4) is 0 Å². The average Bonchev–Trinajstić information content (AvgIpc) is 2.63. The maximum absolute atomic E-state index is 5.86. The second-order valence-corrected chi connectivity index (χ2v) is 7.41. The Kier molecular flexibility index (Phi) is 6.34. The molecular weight excluding hydrogens is 320 g/mol. The van der Waals surface area contributed by atoms with Crippen molar-refractivity contribution >= 4 is 17.5 Å². The Labute approximate surface area is 150 Å². The highest BCUT2D eigenvalue weighted by molar-refractivity contribution is 6.30. The molecule has 1 saturated carbocycles. The molecule has 1 aliphatic carbocycles. The third-order valence-electron chi connectivity index (χ3n) is 5.22. The van der Waals surface area contributed by atoms with Crippen LogP contribution < -0.4 is 4.90 Å². The van der Waals surface area contributed by atoms with Crippen molar-refractivity contribution in [3.05, 3.63) is 17.4 Å². The van der Waals surface area contributed by atoms with Crippen LogP contribution in [0.5, 0.6) is 0 Å². The van der Waals surface area contributed by atoms with Gasteiger partial charge in [0.2, 0.25) is 5.95 Å². The lowest BCUT2D eigenvalue weighted by atomic mass is 9.86. The zero-order valence-corrected chi connectivity index (χ0v) is 15.3. The summed E-state index contributed by atoms with van der Waals surface area (Å²) in [5.41, 5.74) is 0. The zero-order valence-electron chi connectivity index (χ0n) is 14.5. The predicted octanol–water partition coefficient (Wildman–Crippen LogP) is 3.61. The SMILES string of the molecule is CN(c1ncc(Cl)cn1)C1CCC(C#CCN2CCCCC2)CC1. The van der Waals surface area contributed by atoms with Gasteiger partial charge in [0.25, 0.3) is 0 Å². The molecule has 24 heavy (non-hydrogen) atoms. The summed E-state index contributed by atoms with van der Waals surface area (Å²) < 4.78 is 0. The molecule has 0 N–H and O–H groups in total. The van der Waals surface area contributed by atoms with Crippen molar-refractivity contribution in [1.82, 2.24) is 14.9 Å². The third-order valence-corrected chi connectivity index (χ3v) is 5.42. The van der Waals surface area contributed by atoms with Gasteiger partial charge in [0.05, 0.1) is 24.0 Å². The molecule has 5 heteroatoms. The van der Waals surface area contributed by atoms with E-state index in [1.54, 1.807) is 12.4 Å². The molecule has 2 aliphatic rings. The van der Waals surface area contributed by atoms with Crippen LogP contribution in [-0.4, -0.2) is 47.6 Å². The van der Waals surface area contributed by atoms with E-state index >= 15 is 0 Å². The summed E-state index contributed by atoms with van der Waals surface area (Å²) in [6.45, 7) is 3.42. The number of hydrogen-bond acceptors (Lipinski definition) is 4. The van der Waals surface area contributed by atoms with Crippen molar-refractivity contribution in [1.29, 1.82) is 0 Å².